The Hall–Kier alpha value is -5.66. The van der Waals surface area contributed by atoms with Gasteiger partial charge in [-0.15, -0.1) is 0 Å². The predicted molar refractivity (Wildman–Crippen MR) is 183 cm³/mol. The van der Waals surface area contributed by atoms with Crippen LogP contribution in [0.25, 0.3) is 87.6 Å². The van der Waals surface area contributed by atoms with Gasteiger partial charge in [0.1, 0.15) is 11.2 Å². The van der Waals surface area contributed by atoms with Crippen molar-refractivity contribution in [3.8, 4) is 33.4 Å². The Morgan fingerprint density at radius 1 is 0.419 bits per heavy atom. The van der Waals surface area contributed by atoms with Crippen LogP contribution < -0.4 is 0 Å². The molecule has 200 valence electrons. The lowest BCUT2D eigenvalue weighted by Crippen LogP contribution is -1.92. The van der Waals surface area contributed by atoms with Crippen molar-refractivity contribution in [1.29, 1.82) is 0 Å². The first-order chi connectivity index (χ1) is 25.9. The monoisotopic (exact) mass is 557 g/mol. The van der Waals surface area contributed by atoms with Crippen LogP contribution >= 0.6 is 0 Å². The third-order valence-corrected chi connectivity index (χ3v) is 8.06. The molecule has 0 aliphatic rings. The lowest BCUT2D eigenvalue weighted by Gasteiger charge is -2.19. The van der Waals surface area contributed by atoms with Crippen molar-refractivity contribution >= 4 is 54.3 Å². The lowest BCUT2D eigenvalue weighted by atomic mass is 9.84. The van der Waals surface area contributed by atoms with E-state index in [1.165, 1.54) is 0 Å². The van der Waals surface area contributed by atoms with Crippen molar-refractivity contribution in [3.05, 3.63) is 157 Å². The maximum atomic E-state index is 9.54. The molecule has 9 aromatic rings. The third kappa shape index (κ3) is 3.65. The van der Waals surface area contributed by atoms with Crippen molar-refractivity contribution in [3.63, 3.8) is 0 Å². The summed E-state index contributed by atoms with van der Waals surface area (Å²) in [6.07, 6.45) is 0. The van der Waals surface area contributed by atoms with Gasteiger partial charge in [-0.1, -0.05) is 139 Å². The molecule has 43 heavy (non-hydrogen) atoms. The molecule has 0 N–H and O–H groups in total. The minimum atomic E-state index is -0.654. The Morgan fingerprint density at radius 3 is 1.77 bits per heavy atom. The number of hydrogen-bond acceptors (Lipinski definition) is 1. The van der Waals surface area contributed by atoms with E-state index in [9.17, 15) is 2.74 Å². The fraction of sp³-hybridized carbons (Fsp3) is 0. The first kappa shape index (κ1) is 15.5. The Kier molecular flexibility index (Phi) is 3.41. The van der Waals surface area contributed by atoms with Crippen LogP contribution in [-0.4, -0.2) is 0 Å². The summed E-state index contributed by atoms with van der Waals surface area (Å²) in [5.74, 6) is 0. The predicted octanol–water partition coefficient (Wildman–Crippen LogP) is 12.0. The number of fused-ring (bicyclic) bond motifs is 6. The van der Waals surface area contributed by atoms with E-state index in [0.717, 1.165) is 43.4 Å². The highest BCUT2D eigenvalue weighted by atomic mass is 16.3. The molecule has 0 radical (unpaired) electrons. The van der Waals surface area contributed by atoms with Gasteiger partial charge in [0.05, 0.1) is 15.1 Å². The zero-order valence-corrected chi connectivity index (χ0v) is 22.6. The summed E-state index contributed by atoms with van der Waals surface area (Å²) in [5.41, 5.74) is 1.50. The molecule has 0 unspecified atom stereocenters. The van der Waals surface area contributed by atoms with Crippen LogP contribution in [0.1, 0.15) is 15.1 Å². The quantitative estimate of drug-likeness (QED) is 0.197. The molecule has 0 aliphatic heterocycles. The number of benzene rings is 8. The maximum absolute atomic E-state index is 9.54. The molecule has 0 bridgehead atoms. The largest absolute Gasteiger partial charge is 0.456 e. The molecule has 0 fully saturated rings. The van der Waals surface area contributed by atoms with E-state index in [1.807, 2.05) is 66.7 Å². The van der Waals surface area contributed by atoms with Gasteiger partial charge in [0.2, 0.25) is 0 Å². The zero-order chi connectivity index (χ0) is 37.9. The third-order valence-electron chi connectivity index (χ3n) is 8.06. The summed E-state index contributed by atoms with van der Waals surface area (Å²) in [4.78, 5) is 0. The average molecular weight is 558 g/mol. The molecule has 0 saturated carbocycles. The van der Waals surface area contributed by atoms with Crippen LogP contribution in [0, 0.1) is 0 Å². The van der Waals surface area contributed by atoms with Gasteiger partial charge < -0.3 is 4.42 Å². The molecular weight excluding hydrogens is 520 g/mol. The highest BCUT2D eigenvalue weighted by Crippen LogP contribution is 2.48. The SMILES string of the molecule is [2H]c1c([2H])c([2H])c(-c2c([2H])c([2H])c3oc4c([2H])c([2H])c([2H])c(-c5c6ccccc6c(-c6cccc7ccccc67)c6ccccc56)c4c3c2[2H])c([2H])c1[2H]. The molecule has 1 heteroatoms. The van der Waals surface area contributed by atoms with E-state index in [2.05, 4.69) is 24.3 Å². The normalized spacial score (nSPS) is 15.3. The highest BCUT2D eigenvalue weighted by molar-refractivity contribution is 6.27. The summed E-state index contributed by atoms with van der Waals surface area (Å²) in [6.45, 7) is 0. The van der Waals surface area contributed by atoms with Gasteiger partial charge in [-0.05, 0) is 83.8 Å². The van der Waals surface area contributed by atoms with Gasteiger partial charge in [-0.3, -0.25) is 0 Å². The Morgan fingerprint density at radius 2 is 1.05 bits per heavy atom. The minimum Gasteiger partial charge on any atom is -0.456 e. The van der Waals surface area contributed by atoms with Crippen molar-refractivity contribution in [2.45, 2.75) is 0 Å². The van der Waals surface area contributed by atoms with E-state index in [-0.39, 0.29) is 39.1 Å². The van der Waals surface area contributed by atoms with E-state index < -0.39 is 66.0 Å². The van der Waals surface area contributed by atoms with E-state index in [1.54, 1.807) is 0 Å². The van der Waals surface area contributed by atoms with E-state index in [0.29, 0.717) is 5.56 Å². The van der Waals surface area contributed by atoms with Crippen LogP contribution in [0.15, 0.2) is 162 Å². The summed E-state index contributed by atoms with van der Waals surface area (Å²) in [7, 11) is 0. The topological polar surface area (TPSA) is 13.1 Å². The molecule has 1 nitrogen and oxygen atoms in total. The van der Waals surface area contributed by atoms with E-state index in [4.69, 9.17) is 16.8 Å². The second-order valence-corrected chi connectivity index (χ2v) is 10.4. The molecule has 1 aromatic heterocycles. The van der Waals surface area contributed by atoms with Crippen LogP contribution in [-0.2, 0) is 0 Å². The van der Waals surface area contributed by atoms with Crippen LogP contribution in [0.3, 0.4) is 0 Å². The maximum Gasteiger partial charge on any atom is 0.136 e. The molecule has 0 aliphatic carbocycles. The standard InChI is InChI=1S/C42H26O/c1-2-12-27(13-3-1)29-24-25-38-37(26-29)42-36(22-11-23-39(42)43-38)41-34-19-8-6-17-32(34)40(33-18-7-9-20-35(33)41)31-21-10-15-28-14-4-5-16-30(28)31/h1-26H/i1D,2D,3D,11D,12D,13D,22D,23D,24D,25D,26D. The van der Waals surface area contributed by atoms with Gasteiger partial charge >= 0.3 is 0 Å². The van der Waals surface area contributed by atoms with Crippen molar-refractivity contribution in [2.24, 2.45) is 0 Å². The molecule has 0 spiro atoms. The van der Waals surface area contributed by atoms with Crippen LogP contribution in [0.2, 0.25) is 0 Å². The van der Waals surface area contributed by atoms with Gasteiger partial charge in [0.25, 0.3) is 0 Å². The molecule has 9 rings (SSSR count). The second kappa shape index (κ2) is 9.44. The fourth-order valence-electron chi connectivity index (χ4n) is 6.27. The summed E-state index contributed by atoms with van der Waals surface area (Å²) >= 11 is 0. The molecule has 0 saturated heterocycles. The second-order valence-electron chi connectivity index (χ2n) is 10.4. The summed E-state index contributed by atoms with van der Waals surface area (Å²) < 4.78 is 103. The smallest absolute Gasteiger partial charge is 0.136 e. The van der Waals surface area contributed by atoms with Gasteiger partial charge in [-0.25, -0.2) is 0 Å². The van der Waals surface area contributed by atoms with Gasteiger partial charge in [-0.2, -0.15) is 0 Å². The number of furan rings is 1. The first-order valence-corrected chi connectivity index (χ1v) is 13.9. The molecule has 1 heterocycles. The van der Waals surface area contributed by atoms with Crippen molar-refractivity contribution in [1.82, 2.24) is 0 Å². The number of rotatable bonds is 3. The lowest BCUT2D eigenvalue weighted by molar-refractivity contribution is 0.669. The Balaban J connectivity index is 1.50. The van der Waals surface area contributed by atoms with Gasteiger partial charge in [0, 0.05) is 10.8 Å². The molecule has 8 aromatic carbocycles. The Labute approximate surface area is 264 Å². The van der Waals surface area contributed by atoms with Crippen molar-refractivity contribution < 1.29 is 19.5 Å². The van der Waals surface area contributed by atoms with Gasteiger partial charge in [0.15, 0.2) is 0 Å². The summed E-state index contributed by atoms with van der Waals surface area (Å²) in [6, 6.07) is 23.8. The molecule has 0 atom stereocenters. The fourth-order valence-corrected chi connectivity index (χ4v) is 6.27. The van der Waals surface area contributed by atoms with E-state index >= 15 is 0 Å². The average Bonchev–Trinajstić information content (AvgIpc) is 3.59. The molecular formula is C42H26O. The molecule has 0 amide bonds. The highest BCUT2D eigenvalue weighted by Gasteiger charge is 2.21. The zero-order valence-electron chi connectivity index (χ0n) is 33.6. The summed E-state index contributed by atoms with van der Waals surface area (Å²) in [5, 5.41) is 5.30. The Bertz CT molecular complexity index is 3040. The minimum absolute atomic E-state index is 0.0592. The van der Waals surface area contributed by atoms with Crippen LogP contribution in [0.5, 0.6) is 0 Å². The van der Waals surface area contributed by atoms with Crippen LogP contribution in [0.4, 0.5) is 0 Å². The van der Waals surface area contributed by atoms with Crippen molar-refractivity contribution in [2.75, 3.05) is 0 Å². The first-order valence-electron chi connectivity index (χ1n) is 19.4. The number of hydrogen-bond donors (Lipinski definition) is 0.